The Morgan fingerprint density at radius 3 is 2.53 bits per heavy atom. The lowest BCUT2D eigenvalue weighted by Gasteiger charge is -2.27. The van der Waals surface area contributed by atoms with Crippen molar-refractivity contribution in [2.45, 2.75) is 58.4 Å². The van der Waals surface area contributed by atoms with Crippen LogP contribution in [0.5, 0.6) is 0 Å². The molecule has 3 nitrogen and oxygen atoms in total. The van der Waals surface area contributed by atoms with Gasteiger partial charge in [0, 0.05) is 6.20 Å². The van der Waals surface area contributed by atoms with E-state index in [4.69, 9.17) is 0 Å². The van der Waals surface area contributed by atoms with Gasteiger partial charge in [-0.2, -0.15) is 0 Å². The van der Waals surface area contributed by atoms with Gasteiger partial charge in [-0.25, -0.2) is 4.68 Å². The van der Waals surface area contributed by atoms with E-state index >= 15 is 0 Å². The summed E-state index contributed by atoms with van der Waals surface area (Å²) in [6.07, 6.45) is 9.74. The molecule has 15 heavy (non-hydrogen) atoms. The Kier molecular flexibility index (Phi) is 3.39. The van der Waals surface area contributed by atoms with E-state index in [0.717, 1.165) is 18.0 Å². The van der Waals surface area contributed by atoms with Gasteiger partial charge in [0.05, 0.1) is 11.7 Å². The molecule has 3 heteroatoms. The van der Waals surface area contributed by atoms with Crippen LogP contribution in [0.25, 0.3) is 0 Å². The van der Waals surface area contributed by atoms with E-state index < -0.39 is 0 Å². The second-order valence-electron chi connectivity index (χ2n) is 4.63. The summed E-state index contributed by atoms with van der Waals surface area (Å²) in [6, 6.07) is 0.612. The van der Waals surface area contributed by atoms with Crippen molar-refractivity contribution in [1.82, 2.24) is 15.0 Å². The van der Waals surface area contributed by atoms with Crippen molar-refractivity contribution in [3.8, 4) is 0 Å². The number of hydrogen-bond acceptors (Lipinski definition) is 2. The molecule has 2 rings (SSSR count). The first-order chi connectivity index (χ1) is 7.33. The Bertz CT molecular complexity index is 298. The highest BCUT2D eigenvalue weighted by atomic mass is 15.4. The summed E-state index contributed by atoms with van der Waals surface area (Å²) in [5, 5.41) is 8.39. The van der Waals surface area contributed by atoms with Crippen molar-refractivity contribution < 1.29 is 0 Å². The van der Waals surface area contributed by atoms with Gasteiger partial charge in [0.1, 0.15) is 0 Å². The van der Waals surface area contributed by atoms with E-state index in [9.17, 15) is 0 Å². The van der Waals surface area contributed by atoms with Crippen molar-refractivity contribution in [2.24, 2.45) is 5.92 Å². The first-order valence-electron chi connectivity index (χ1n) is 6.24. The third-order valence-corrected chi connectivity index (χ3v) is 3.69. The summed E-state index contributed by atoms with van der Waals surface area (Å²) >= 11 is 0. The molecule has 0 saturated heterocycles. The van der Waals surface area contributed by atoms with E-state index in [0.29, 0.717) is 6.04 Å². The van der Waals surface area contributed by atoms with Crippen molar-refractivity contribution in [3.05, 3.63) is 11.9 Å². The molecule has 0 unspecified atom stereocenters. The highest BCUT2D eigenvalue weighted by molar-refractivity contribution is 4.93. The number of hydrogen-bond donors (Lipinski definition) is 0. The molecular weight excluding hydrogens is 186 g/mol. The SMILES string of the molecule is CCc1cn(C2CCC(CC)CC2)nn1. The molecule has 0 amide bonds. The fourth-order valence-electron chi connectivity index (χ4n) is 2.47. The van der Waals surface area contributed by atoms with Gasteiger partial charge in [0.15, 0.2) is 0 Å². The van der Waals surface area contributed by atoms with Crippen LogP contribution in [-0.4, -0.2) is 15.0 Å². The molecule has 1 heterocycles. The molecule has 1 aliphatic carbocycles. The number of nitrogens with zero attached hydrogens (tertiary/aromatic N) is 3. The van der Waals surface area contributed by atoms with Crippen LogP contribution in [-0.2, 0) is 6.42 Å². The molecule has 0 N–H and O–H groups in total. The zero-order valence-electron chi connectivity index (χ0n) is 9.82. The molecule has 0 spiro atoms. The van der Waals surface area contributed by atoms with Crippen LogP contribution in [0.2, 0.25) is 0 Å². The molecule has 1 aromatic heterocycles. The molecule has 84 valence electrons. The molecule has 0 aromatic carbocycles. The van der Waals surface area contributed by atoms with Crippen LogP contribution >= 0.6 is 0 Å². The fourth-order valence-corrected chi connectivity index (χ4v) is 2.47. The summed E-state index contributed by atoms with van der Waals surface area (Å²) in [5.41, 5.74) is 1.12. The van der Waals surface area contributed by atoms with Gasteiger partial charge in [0.2, 0.25) is 0 Å². The smallest absolute Gasteiger partial charge is 0.0824 e. The van der Waals surface area contributed by atoms with Gasteiger partial charge >= 0.3 is 0 Å². The Balaban J connectivity index is 1.95. The summed E-state index contributed by atoms with van der Waals surface area (Å²) in [6.45, 7) is 4.43. The van der Waals surface area contributed by atoms with E-state index in [1.54, 1.807) is 0 Å². The molecule has 0 aliphatic heterocycles. The lowest BCUT2D eigenvalue weighted by atomic mass is 9.85. The van der Waals surface area contributed by atoms with Gasteiger partial charge in [0.25, 0.3) is 0 Å². The molecule has 1 aromatic rings. The number of aryl methyl sites for hydroxylation is 1. The van der Waals surface area contributed by atoms with Crippen LogP contribution in [0, 0.1) is 5.92 Å². The average Bonchev–Trinajstić information content (AvgIpc) is 2.78. The van der Waals surface area contributed by atoms with Crippen molar-refractivity contribution in [2.75, 3.05) is 0 Å². The Hall–Kier alpha value is -0.860. The number of aromatic nitrogens is 3. The third kappa shape index (κ3) is 2.39. The summed E-state index contributed by atoms with van der Waals surface area (Å²) in [7, 11) is 0. The van der Waals surface area contributed by atoms with Gasteiger partial charge in [-0.15, -0.1) is 5.10 Å². The van der Waals surface area contributed by atoms with Crippen molar-refractivity contribution in [3.63, 3.8) is 0 Å². The lowest BCUT2D eigenvalue weighted by Crippen LogP contribution is -2.18. The molecular formula is C12H21N3. The second-order valence-corrected chi connectivity index (χ2v) is 4.63. The van der Waals surface area contributed by atoms with E-state index in [2.05, 4.69) is 35.0 Å². The minimum atomic E-state index is 0.612. The molecule has 1 saturated carbocycles. The molecule has 0 atom stereocenters. The van der Waals surface area contributed by atoms with Crippen LogP contribution < -0.4 is 0 Å². The normalized spacial score (nSPS) is 26.8. The Morgan fingerprint density at radius 2 is 2.00 bits per heavy atom. The predicted molar refractivity (Wildman–Crippen MR) is 60.7 cm³/mol. The van der Waals surface area contributed by atoms with Gasteiger partial charge < -0.3 is 0 Å². The third-order valence-electron chi connectivity index (χ3n) is 3.69. The second kappa shape index (κ2) is 4.77. The summed E-state index contributed by atoms with van der Waals surface area (Å²) in [4.78, 5) is 0. The maximum absolute atomic E-state index is 4.23. The highest BCUT2D eigenvalue weighted by Crippen LogP contribution is 2.33. The minimum absolute atomic E-state index is 0.612. The van der Waals surface area contributed by atoms with Crippen LogP contribution in [0.4, 0.5) is 0 Å². The zero-order chi connectivity index (χ0) is 10.7. The Labute approximate surface area is 91.9 Å². The van der Waals surface area contributed by atoms with Gasteiger partial charge in [-0.1, -0.05) is 25.5 Å². The maximum atomic E-state index is 4.23. The lowest BCUT2D eigenvalue weighted by molar-refractivity contribution is 0.253. The molecule has 1 fully saturated rings. The van der Waals surface area contributed by atoms with Crippen LogP contribution in [0.1, 0.15) is 57.7 Å². The topological polar surface area (TPSA) is 30.7 Å². The van der Waals surface area contributed by atoms with Gasteiger partial charge in [-0.05, 0) is 38.0 Å². The maximum Gasteiger partial charge on any atom is 0.0824 e. The Morgan fingerprint density at radius 1 is 1.27 bits per heavy atom. The molecule has 1 aliphatic rings. The monoisotopic (exact) mass is 207 g/mol. The van der Waals surface area contributed by atoms with E-state index in [-0.39, 0.29) is 0 Å². The van der Waals surface area contributed by atoms with Crippen LogP contribution in [0.3, 0.4) is 0 Å². The predicted octanol–water partition coefficient (Wildman–Crippen LogP) is 2.98. The summed E-state index contributed by atoms with van der Waals surface area (Å²) < 4.78 is 2.09. The molecule has 0 radical (unpaired) electrons. The quantitative estimate of drug-likeness (QED) is 0.763. The van der Waals surface area contributed by atoms with Crippen molar-refractivity contribution in [1.29, 1.82) is 0 Å². The highest BCUT2D eigenvalue weighted by Gasteiger charge is 2.21. The van der Waals surface area contributed by atoms with Crippen LogP contribution in [0.15, 0.2) is 6.20 Å². The standard InChI is InChI=1S/C12H21N3/c1-3-10-5-7-12(8-6-10)15-9-11(4-2)13-14-15/h9-10,12H,3-8H2,1-2H3. The van der Waals surface area contributed by atoms with E-state index in [1.807, 2.05) is 0 Å². The minimum Gasteiger partial charge on any atom is -0.249 e. The first-order valence-corrected chi connectivity index (χ1v) is 6.24. The van der Waals surface area contributed by atoms with Gasteiger partial charge in [-0.3, -0.25) is 0 Å². The van der Waals surface area contributed by atoms with E-state index in [1.165, 1.54) is 32.1 Å². The summed E-state index contributed by atoms with van der Waals surface area (Å²) in [5.74, 6) is 0.954. The average molecular weight is 207 g/mol. The van der Waals surface area contributed by atoms with Crippen molar-refractivity contribution >= 4 is 0 Å². The zero-order valence-corrected chi connectivity index (χ0v) is 9.82. The largest absolute Gasteiger partial charge is 0.249 e. The first kappa shape index (κ1) is 10.7. The number of rotatable bonds is 3. The fraction of sp³-hybridized carbons (Fsp3) is 0.833. The molecule has 0 bridgehead atoms.